The van der Waals surface area contributed by atoms with Gasteiger partial charge in [-0.2, -0.15) is 0 Å². The lowest BCUT2D eigenvalue weighted by molar-refractivity contribution is 0.0594. The quantitative estimate of drug-likeness (QED) is 0.689. The number of aromatic nitrogens is 1. The van der Waals surface area contributed by atoms with Gasteiger partial charge in [-0.05, 0) is 11.5 Å². The van der Waals surface area contributed by atoms with Crippen molar-refractivity contribution in [3.8, 4) is 0 Å². The minimum absolute atomic E-state index is 0.339. The highest BCUT2D eigenvalue weighted by molar-refractivity contribution is 5.92. The second kappa shape index (κ2) is 5.85. The van der Waals surface area contributed by atoms with E-state index in [0.717, 1.165) is 10.8 Å². The van der Waals surface area contributed by atoms with Gasteiger partial charge in [0.2, 0.25) is 0 Å². The molecule has 0 spiro atoms. The van der Waals surface area contributed by atoms with Gasteiger partial charge in [-0.25, -0.2) is 9.78 Å². The lowest BCUT2D eigenvalue weighted by atomic mass is 10.1. The number of carbonyl (C=O) groups excluding carboxylic acids is 1. The molecule has 0 amide bonds. The van der Waals surface area contributed by atoms with Crippen molar-refractivity contribution < 1.29 is 9.53 Å². The van der Waals surface area contributed by atoms with Crippen molar-refractivity contribution in [2.75, 3.05) is 7.11 Å². The maximum Gasteiger partial charge on any atom is 0.356 e. The fourth-order valence-electron chi connectivity index (χ4n) is 1.30. The zero-order chi connectivity index (χ0) is 12.0. The van der Waals surface area contributed by atoms with Gasteiger partial charge < -0.3 is 4.74 Å². The van der Waals surface area contributed by atoms with Crippen LogP contribution in [-0.2, 0) is 4.74 Å². The first-order valence-electron chi connectivity index (χ1n) is 5.24. The molecule has 3 heteroatoms. The summed E-state index contributed by atoms with van der Waals surface area (Å²) in [6.45, 7) is 4.00. The Morgan fingerprint density at radius 3 is 2.44 bits per heavy atom. The number of hydrogen-bond acceptors (Lipinski definition) is 3. The van der Waals surface area contributed by atoms with Crippen LogP contribution in [0.4, 0.5) is 0 Å². The van der Waals surface area contributed by atoms with Gasteiger partial charge in [0.05, 0.1) is 7.11 Å². The number of methoxy groups -OCH3 is 1. The van der Waals surface area contributed by atoms with Crippen molar-refractivity contribution >= 4 is 16.7 Å². The summed E-state index contributed by atoms with van der Waals surface area (Å²) in [6, 6.07) is 9.46. The Labute approximate surface area is 95.1 Å². The predicted molar refractivity (Wildman–Crippen MR) is 64.4 cm³/mol. The first-order chi connectivity index (χ1) is 7.81. The molecular formula is C13H15NO2. The summed E-state index contributed by atoms with van der Waals surface area (Å²) in [6.07, 6.45) is 1.67. The van der Waals surface area contributed by atoms with Crippen LogP contribution in [0.25, 0.3) is 10.8 Å². The summed E-state index contributed by atoms with van der Waals surface area (Å²) in [5, 5.41) is 2.00. The van der Waals surface area contributed by atoms with Gasteiger partial charge in [-0.3, -0.25) is 0 Å². The Hall–Kier alpha value is -1.90. The van der Waals surface area contributed by atoms with E-state index in [1.54, 1.807) is 12.3 Å². The zero-order valence-electron chi connectivity index (χ0n) is 9.73. The van der Waals surface area contributed by atoms with E-state index in [0.29, 0.717) is 5.69 Å². The van der Waals surface area contributed by atoms with Crippen LogP contribution in [0.3, 0.4) is 0 Å². The van der Waals surface area contributed by atoms with Gasteiger partial charge in [0.15, 0.2) is 0 Å². The van der Waals surface area contributed by atoms with Crippen molar-refractivity contribution in [2.24, 2.45) is 0 Å². The minimum Gasteiger partial charge on any atom is -0.464 e. The summed E-state index contributed by atoms with van der Waals surface area (Å²) in [5.41, 5.74) is 0.339. The highest BCUT2D eigenvalue weighted by Gasteiger charge is 2.06. The SMILES string of the molecule is CC.COC(=O)c1cc2ccccc2cn1. The average Bonchev–Trinajstić information content (AvgIpc) is 2.39. The molecule has 3 nitrogen and oxygen atoms in total. The molecule has 2 rings (SSSR count). The topological polar surface area (TPSA) is 39.2 Å². The van der Waals surface area contributed by atoms with E-state index in [4.69, 9.17) is 0 Å². The molecule has 2 aromatic rings. The number of carbonyl (C=O) groups is 1. The number of nitrogens with zero attached hydrogens (tertiary/aromatic N) is 1. The van der Waals surface area contributed by atoms with Crippen LogP contribution < -0.4 is 0 Å². The Bertz CT molecular complexity index is 480. The number of hydrogen-bond donors (Lipinski definition) is 0. The number of rotatable bonds is 1. The van der Waals surface area contributed by atoms with Crippen molar-refractivity contribution in [2.45, 2.75) is 13.8 Å². The fourth-order valence-corrected chi connectivity index (χ4v) is 1.30. The molecule has 16 heavy (non-hydrogen) atoms. The molecule has 0 aliphatic rings. The van der Waals surface area contributed by atoms with E-state index in [2.05, 4.69) is 9.72 Å². The molecule has 0 unspecified atom stereocenters. The van der Waals surface area contributed by atoms with Crippen molar-refractivity contribution in [1.29, 1.82) is 0 Å². The predicted octanol–water partition coefficient (Wildman–Crippen LogP) is 3.05. The minimum atomic E-state index is -0.407. The molecule has 0 fully saturated rings. The molecule has 1 aromatic carbocycles. The first kappa shape index (κ1) is 12.2. The van der Waals surface area contributed by atoms with Crippen LogP contribution in [0, 0.1) is 0 Å². The van der Waals surface area contributed by atoms with E-state index in [1.165, 1.54) is 7.11 Å². The summed E-state index contributed by atoms with van der Waals surface area (Å²) >= 11 is 0. The number of fused-ring (bicyclic) bond motifs is 1. The smallest absolute Gasteiger partial charge is 0.356 e. The van der Waals surface area contributed by atoms with Crippen LogP contribution in [0.5, 0.6) is 0 Å². The normalized spacial score (nSPS) is 9.19. The zero-order valence-corrected chi connectivity index (χ0v) is 9.73. The van der Waals surface area contributed by atoms with Gasteiger partial charge >= 0.3 is 5.97 Å². The van der Waals surface area contributed by atoms with Crippen molar-refractivity contribution in [3.05, 3.63) is 42.2 Å². The van der Waals surface area contributed by atoms with Gasteiger partial charge in [-0.1, -0.05) is 38.1 Å². The Morgan fingerprint density at radius 2 is 1.81 bits per heavy atom. The van der Waals surface area contributed by atoms with Crippen LogP contribution in [0.15, 0.2) is 36.5 Å². The molecule has 0 saturated carbocycles. The number of benzene rings is 1. The second-order valence-corrected chi connectivity index (χ2v) is 2.91. The molecule has 0 bridgehead atoms. The molecule has 0 aliphatic carbocycles. The third kappa shape index (κ3) is 2.57. The Balaban J connectivity index is 0.000000606. The van der Waals surface area contributed by atoms with Crippen LogP contribution >= 0.6 is 0 Å². The van der Waals surface area contributed by atoms with Gasteiger partial charge in [0.25, 0.3) is 0 Å². The summed E-state index contributed by atoms with van der Waals surface area (Å²) in [5.74, 6) is -0.407. The molecule has 0 atom stereocenters. The van der Waals surface area contributed by atoms with Crippen LogP contribution in [0.1, 0.15) is 24.3 Å². The third-order valence-corrected chi connectivity index (χ3v) is 2.03. The number of esters is 1. The maximum absolute atomic E-state index is 11.2. The van der Waals surface area contributed by atoms with Crippen LogP contribution in [0.2, 0.25) is 0 Å². The molecule has 1 heterocycles. The summed E-state index contributed by atoms with van der Waals surface area (Å²) in [7, 11) is 1.35. The molecule has 0 radical (unpaired) electrons. The largest absolute Gasteiger partial charge is 0.464 e. The molecule has 0 N–H and O–H groups in total. The monoisotopic (exact) mass is 217 g/mol. The van der Waals surface area contributed by atoms with E-state index in [-0.39, 0.29) is 0 Å². The van der Waals surface area contributed by atoms with Crippen molar-refractivity contribution in [1.82, 2.24) is 4.98 Å². The third-order valence-electron chi connectivity index (χ3n) is 2.03. The standard InChI is InChI=1S/C11H9NO2.C2H6/c1-14-11(13)10-6-8-4-2-3-5-9(8)7-12-10;1-2/h2-7H,1H3;1-2H3. The molecule has 84 valence electrons. The van der Waals surface area contributed by atoms with E-state index in [9.17, 15) is 4.79 Å². The molecule has 1 aromatic heterocycles. The first-order valence-corrected chi connectivity index (χ1v) is 5.24. The molecule has 0 aliphatic heterocycles. The lowest BCUT2D eigenvalue weighted by Crippen LogP contribution is -2.03. The van der Waals surface area contributed by atoms with Gasteiger partial charge in [0.1, 0.15) is 5.69 Å². The van der Waals surface area contributed by atoms with Gasteiger partial charge in [0, 0.05) is 11.6 Å². The van der Waals surface area contributed by atoms with Gasteiger partial charge in [-0.15, -0.1) is 0 Å². The highest BCUT2D eigenvalue weighted by Crippen LogP contribution is 2.13. The van der Waals surface area contributed by atoms with E-state index in [1.807, 2.05) is 38.1 Å². The Kier molecular flexibility index (Phi) is 4.45. The molecular weight excluding hydrogens is 202 g/mol. The van der Waals surface area contributed by atoms with Crippen LogP contribution in [-0.4, -0.2) is 18.1 Å². The van der Waals surface area contributed by atoms with E-state index < -0.39 is 5.97 Å². The fraction of sp³-hybridized carbons (Fsp3) is 0.231. The van der Waals surface area contributed by atoms with E-state index >= 15 is 0 Å². The Morgan fingerprint density at radius 1 is 1.19 bits per heavy atom. The number of ether oxygens (including phenoxy) is 1. The lowest BCUT2D eigenvalue weighted by Gasteiger charge is -2.00. The second-order valence-electron chi connectivity index (χ2n) is 2.91. The highest BCUT2D eigenvalue weighted by atomic mass is 16.5. The maximum atomic E-state index is 11.2. The number of pyridine rings is 1. The van der Waals surface area contributed by atoms with Crippen molar-refractivity contribution in [3.63, 3.8) is 0 Å². The summed E-state index contributed by atoms with van der Waals surface area (Å²) in [4.78, 5) is 15.2. The molecule has 0 saturated heterocycles. The average molecular weight is 217 g/mol. The summed E-state index contributed by atoms with van der Waals surface area (Å²) < 4.78 is 4.58.